The van der Waals surface area contributed by atoms with Crippen molar-refractivity contribution in [1.29, 1.82) is 0 Å². The maximum Gasteiger partial charge on any atom is 0.164 e. The molecule has 0 spiro atoms. The lowest BCUT2D eigenvalue weighted by molar-refractivity contribution is 0.00645. The zero-order valence-corrected chi connectivity index (χ0v) is 5.59. The lowest BCUT2D eigenvalue weighted by Crippen LogP contribution is -2.38. The van der Waals surface area contributed by atoms with Gasteiger partial charge in [-0.15, -0.1) is 0 Å². The molecule has 2 rings (SSSR count). The van der Waals surface area contributed by atoms with Crippen molar-refractivity contribution in [3.63, 3.8) is 0 Å². The Labute approximate surface area is 54.2 Å². The number of oxime groups is 1. The fourth-order valence-electron chi connectivity index (χ4n) is 1.33. The van der Waals surface area contributed by atoms with E-state index in [4.69, 9.17) is 4.84 Å². The molecule has 2 nitrogen and oxygen atoms in total. The zero-order valence-electron chi connectivity index (χ0n) is 5.59. The van der Waals surface area contributed by atoms with Crippen LogP contribution in [0.1, 0.15) is 13.8 Å². The minimum Gasteiger partial charge on any atom is -0.384 e. The van der Waals surface area contributed by atoms with E-state index in [0.717, 1.165) is 5.71 Å². The molecule has 1 heterocycles. The van der Waals surface area contributed by atoms with E-state index in [2.05, 4.69) is 24.2 Å². The van der Waals surface area contributed by atoms with Gasteiger partial charge in [0.2, 0.25) is 0 Å². The molecule has 0 saturated heterocycles. The van der Waals surface area contributed by atoms with Gasteiger partial charge in [0.25, 0.3) is 0 Å². The fourth-order valence-corrected chi connectivity index (χ4v) is 1.33. The van der Waals surface area contributed by atoms with Crippen LogP contribution in [0.5, 0.6) is 0 Å². The molecule has 48 valence electrons. The summed E-state index contributed by atoms with van der Waals surface area (Å²) in [6.07, 6.45) is 4.18. The minimum atomic E-state index is -0.0793. The van der Waals surface area contributed by atoms with Crippen LogP contribution in [0.4, 0.5) is 0 Å². The number of nitrogens with zero attached hydrogens (tertiary/aromatic N) is 1. The standard InChI is InChI=1S/C7H9NO/c1-5-6-3-4-7(6,2)9-8-5/h3-4,6H,1-2H3. The van der Waals surface area contributed by atoms with Gasteiger partial charge in [0, 0.05) is 0 Å². The molecule has 0 aromatic rings. The Morgan fingerprint density at radius 2 is 2.56 bits per heavy atom. The predicted molar refractivity (Wildman–Crippen MR) is 35.2 cm³/mol. The lowest BCUT2D eigenvalue weighted by Gasteiger charge is -2.30. The van der Waals surface area contributed by atoms with Crippen molar-refractivity contribution >= 4 is 5.71 Å². The van der Waals surface area contributed by atoms with Crippen LogP contribution in [0.15, 0.2) is 17.3 Å². The first-order valence-electron chi connectivity index (χ1n) is 3.14. The molecule has 0 fully saturated rings. The van der Waals surface area contributed by atoms with Crippen molar-refractivity contribution < 1.29 is 4.84 Å². The highest BCUT2D eigenvalue weighted by molar-refractivity contribution is 5.89. The molecule has 0 saturated carbocycles. The van der Waals surface area contributed by atoms with Gasteiger partial charge in [-0.3, -0.25) is 0 Å². The predicted octanol–water partition coefficient (Wildman–Crippen LogP) is 1.34. The zero-order chi connectivity index (χ0) is 6.48. The molecule has 0 aromatic heterocycles. The van der Waals surface area contributed by atoms with Crippen LogP contribution in [-0.2, 0) is 4.84 Å². The van der Waals surface area contributed by atoms with Gasteiger partial charge in [-0.25, -0.2) is 0 Å². The van der Waals surface area contributed by atoms with E-state index in [1.54, 1.807) is 0 Å². The second kappa shape index (κ2) is 1.20. The van der Waals surface area contributed by atoms with E-state index in [-0.39, 0.29) is 5.60 Å². The average molecular weight is 123 g/mol. The highest BCUT2D eigenvalue weighted by Gasteiger charge is 2.45. The number of fused-ring (bicyclic) bond motifs is 1. The summed E-state index contributed by atoms with van der Waals surface area (Å²) < 4.78 is 0. The van der Waals surface area contributed by atoms with Gasteiger partial charge in [-0.2, -0.15) is 0 Å². The van der Waals surface area contributed by atoms with Crippen LogP contribution >= 0.6 is 0 Å². The fraction of sp³-hybridized carbons (Fsp3) is 0.571. The van der Waals surface area contributed by atoms with Gasteiger partial charge >= 0.3 is 0 Å². The summed E-state index contributed by atoms with van der Waals surface area (Å²) in [7, 11) is 0. The van der Waals surface area contributed by atoms with Crippen molar-refractivity contribution in [2.24, 2.45) is 11.1 Å². The molecular formula is C7H9NO. The Morgan fingerprint density at radius 1 is 1.78 bits per heavy atom. The lowest BCUT2D eigenvalue weighted by atomic mass is 9.77. The molecule has 2 unspecified atom stereocenters. The smallest absolute Gasteiger partial charge is 0.164 e. The van der Waals surface area contributed by atoms with E-state index in [9.17, 15) is 0 Å². The second-order valence-corrected chi connectivity index (χ2v) is 2.84. The first kappa shape index (κ1) is 5.03. The van der Waals surface area contributed by atoms with Gasteiger partial charge in [0.1, 0.15) is 0 Å². The number of hydrogen-bond donors (Lipinski definition) is 0. The van der Waals surface area contributed by atoms with Crippen LogP contribution in [0.2, 0.25) is 0 Å². The van der Waals surface area contributed by atoms with Crippen LogP contribution in [0.25, 0.3) is 0 Å². The van der Waals surface area contributed by atoms with E-state index in [1.165, 1.54) is 0 Å². The van der Waals surface area contributed by atoms with Crippen LogP contribution < -0.4 is 0 Å². The van der Waals surface area contributed by atoms with Crippen molar-refractivity contribution in [3.05, 3.63) is 12.2 Å². The van der Waals surface area contributed by atoms with E-state index < -0.39 is 0 Å². The Hall–Kier alpha value is -0.790. The molecule has 0 N–H and O–H groups in total. The third kappa shape index (κ3) is 0.435. The Morgan fingerprint density at radius 3 is 2.78 bits per heavy atom. The molecular weight excluding hydrogens is 114 g/mol. The van der Waals surface area contributed by atoms with Gasteiger partial charge < -0.3 is 4.84 Å². The molecule has 2 heteroatoms. The second-order valence-electron chi connectivity index (χ2n) is 2.84. The third-order valence-electron chi connectivity index (χ3n) is 2.07. The van der Waals surface area contributed by atoms with Gasteiger partial charge in [0.15, 0.2) is 5.60 Å². The molecule has 9 heavy (non-hydrogen) atoms. The SMILES string of the molecule is CC1=NOC2(C)C=CC12. The molecule has 2 aliphatic rings. The highest BCUT2D eigenvalue weighted by atomic mass is 16.7. The molecule has 2 atom stereocenters. The maximum absolute atomic E-state index is 5.15. The van der Waals surface area contributed by atoms with Crippen molar-refractivity contribution in [2.45, 2.75) is 19.4 Å². The van der Waals surface area contributed by atoms with Gasteiger partial charge in [-0.05, 0) is 19.9 Å². The molecule has 0 amide bonds. The third-order valence-corrected chi connectivity index (χ3v) is 2.07. The Balaban J connectivity index is 2.35. The summed E-state index contributed by atoms with van der Waals surface area (Å²) in [5, 5.41) is 3.89. The monoisotopic (exact) mass is 123 g/mol. The molecule has 0 aromatic carbocycles. The first-order valence-corrected chi connectivity index (χ1v) is 3.14. The van der Waals surface area contributed by atoms with Crippen LogP contribution in [-0.4, -0.2) is 11.3 Å². The summed E-state index contributed by atoms with van der Waals surface area (Å²) in [6.45, 7) is 4.05. The van der Waals surface area contributed by atoms with Gasteiger partial charge in [-0.1, -0.05) is 11.2 Å². The summed E-state index contributed by atoms with van der Waals surface area (Å²) in [5.41, 5.74) is 1.02. The largest absolute Gasteiger partial charge is 0.384 e. The summed E-state index contributed by atoms with van der Waals surface area (Å²) in [4.78, 5) is 5.15. The minimum absolute atomic E-state index is 0.0793. The summed E-state index contributed by atoms with van der Waals surface area (Å²) in [6, 6.07) is 0. The van der Waals surface area contributed by atoms with E-state index in [0.29, 0.717) is 5.92 Å². The van der Waals surface area contributed by atoms with Crippen LogP contribution in [0, 0.1) is 5.92 Å². The molecule has 0 radical (unpaired) electrons. The van der Waals surface area contributed by atoms with Crippen molar-refractivity contribution in [3.8, 4) is 0 Å². The quantitative estimate of drug-likeness (QED) is 0.445. The average Bonchev–Trinajstić information content (AvgIpc) is 1.93. The first-order chi connectivity index (χ1) is 4.22. The van der Waals surface area contributed by atoms with Crippen molar-refractivity contribution in [2.75, 3.05) is 0 Å². The molecule has 1 aliphatic carbocycles. The maximum atomic E-state index is 5.15. The Bertz CT molecular complexity index is 207. The highest BCUT2D eigenvalue weighted by Crippen LogP contribution is 2.39. The molecule has 1 aliphatic heterocycles. The van der Waals surface area contributed by atoms with Gasteiger partial charge in [0.05, 0.1) is 11.6 Å². The Kier molecular flexibility index (Phi) is 0.672. The van der Waals surface area contributed by atoms with E-state index in [1.807, 2.05) is 6.92 Å². The summed E-state index contributed by atoms with van der Waals surface area (Å²) >= 11 is 0. The van der Waals surface area contributed by atoms with Crippen molar-refractivity contribution in [1.82, 2.24) is 0 Å². The number of hydrogen-bond acceptors (Lipinski definition) is 2. The summed E-state index contributed by atoms with van der Waals surface area (Å²) in [5.74, 6) is 0.456. The van der Waals surface area contributed by atoms with E-state index >= 15 is 0 Å². The van der Waals surface area contributed by atoms with Crippen LogP contribution in [0.3, 0.4) is 0 Å². The number of rotatable bonds is 0. The molecule has 0 bridgehead atoms. The topological polar surface area (TPSA) is 21.6 Å². The normalized spacial score (nSPS) is 45.1.